The number of primary amides is 2. The van der Waals surface area contributed by atoms with E-state index in [0.29, 0.717) is 19.5 Å². The summed E-state index contributed by atoms with van der Waals surface area (Å²) in [5.41, 5.74) is 9.30. The van der Waals surface area contributed by atoms with Crippen LogP contribution >= 0.6 is 0 Å². The third-order valence-corrected chi connectivity index (χ3v) is 3.02. The summed E-state index contributed by atoms with van der Waals surface area (Å²) in [5, 5.41) is 13.4. The van der Waals surface area contributed by atoms with Crippen LogP contribution < -0.4 is 16.8 Å². The van der Waals surface area contributed by atoms with Crippen molar-refractivity contribution >= 4 is 11.8 Å². The standard InChI is InChI=1S/C10H20N4O3/c1-10(17)2-3-13-4-7(10)14(5-8(11)15)6-9(12)16/h7,13,17H,2-6H2,1H3,(H2,11,15)(H2,12,16). The fraction of sp³-hybridized carbons (Fsp3) is 0.800. The minimum atomic E-state index is -0.962. The number of carbonyl (C=O) groups excluding carboxylic acids is 2. The van der Waals surface area contributed by atoms with Gasteiger partial charge in [-0.3, -0.25) is 14.5 Å². The molecular formula is C10H20N4O3. The second kappa shape index (κ2) is 5.44. The molecule has 0 saturated carbocycles. The number of piperidine rings is 1. The SMILES string of the molecule is CC1(O)CCNCC1N(CC(N)=O)CC(N)=O. The van der Waals surface area contributed by atoms with Crippen LogP contribution in [0.2, 0.25) is 0 Å². The molecule has 2 atom stereocenters. The van der Waals surface area contributed by atoms with E-state index < -0.39 is 17.4 Å². The summed E-state index contributed by atoms with van der Waals surface area (Å²) < 4.78 is 0. The van der Waals surface area contributed by atoms with Crippen molar-refractivity contribution in [2.75, 3.05) is 26.2 Å². The Morgan fingerprint density at radius 1 is 1.41 bits per heavy atom. The lowest BCUT2D eigenvalue weighted by Gasteiger charge is -2.43. The van der Waals surface area contributed by atoms with E-state index in [1.165, 1.54) is 4.90 Å². The van der Waals surface area contributed by atoms with Crippen LogP contribution in [-0.2, 0) is 9.59 Å². The lowest BCUT2D eigenvalue weighted by atomic mass is 9.88. The Morgan fingerprint density at radius 3 is 2.35 bits per heavy atom. The molecule has 2 unspecified atom stereocenters. The van der Waals surface area contributed by atoms with Crippen molar-refractivity contribution in [2.24, 2.45) is 11.5 Å². The van der Waals surface area contributed by atoms with Gasteiger partial charge in [-0.1, -0.05) is 0 Å². The molecule has 1 aliphatic rings. The van der Waals surface area contributed by atoms with E-state index in [1.54, 1.807) is 6.92 Å². The smallest absolute Gasteiger partial charge is 0.231 e. The van der Waals surface area contributed by atoms with Gasteiger partial charge < -0.3 is 21.9 Å². The molecule has 0 spiro atoms. The Labute approximate surface area is 100 Å². The summed E-state index contributed by atoms with van der Waals surface area (Å²) in [6.07, 6.45) is 0.547. The van der Waals surface area contributed by atoms with Crippen molar-refractivity contribution in [3.8, 4) is 0 Å². The first-order chi connectivity index (χ1) is 7.83. The second-order valence-electron chi connectivity index (χ2n) is 4.66. The van der Waals surface area contributed by atoms with Crippen molar-refractivity contribution in [2.45, 2.75) is 25.0 Å². The van der Waals surface area contributed by atoms with Gasteiger partial charge in [0.15, 0.2) is 0 Å². The minimum Gasteiger partial charge on any atom is -0.388 e. The molecule has 1 rings (SSSR count). The number of nitrogens with zero attached hydrogens (tertiary/aromatic N) is 1. The zero-order chi connectivity index (χ0) is 13.1. The van der Waals surface area contributed by atoms with E-state index >= 15 is 0 Å². The maximum absolute atomic E-state index is 11.0. The second-order valence-corrected chi connectivity index (χ2v) is 4.66. The molecule has 1 fully saturated rings. The highest BCUT2D eigenvalue weighted by atomic mass is 16.3. The summed E-state index contributed by atoms with van der Waals surface area (Å²) in [6.45, 7) is 2.70. The van der Waals surface area contributed by atoms with Crippen LogP contribution in [0.15, 0.2) is 0 Å². The van der Waals surface area contributed by atoms with Gasteiger partial charge in [0.2, 0.25) is 11.8 Å². The lowest BCUT2D eigenvalue weighted by molar-refractivity contribution is -0.126. The first kappa shape index (κ1) is 13.9. The van der Waals surface area contributed by atoms with Crippen LogP contribution in [0.1, 0.15) is 13.3 Å². The highest BCUT2D eigenvalue weighted by Crippen LogP contribution is 2.22. The first-order valence-electron chi connectivity index (χ1n) is 5.56. The maximum atomic E-state index is 11.0. The van der Waals surface area contributed by atoms with Crippen LogP contribution in [0.5, 0.6) is 0 Å². The summed E-state index contributed by atoms with van der Waals surface area (Å²) in [5.74, 6) is -1.10. The van der Waals surface area contributed by atoms with Gasteiger partial charge >= 0.3 is 0 Å². The van der Waals surface area contributed by atoms with Crippen LogP contribution in [0.3, 0.4) is 0 Å². The van der Waals surface area contributed by atoms with Crippen LogP contribution in [0, 0.1) is 0 Å². The molecule has 98 valence electrons. The average Bonchev–Trinajstić information content (AvgIpc) is 2.14. The average molecular weight is 244 g/mol. The van der Waals surface area contributed by atoms with Gasteiger partial charge in [0.1, 0.15) is 0 Å². The van der Waals surface area contributed by atoms with Crippen molar-refractivity contribution in [3.05, 3.63) is 0 Å². The van der Waals surface area contributed by atoms with E-state index in [2.05, 4.69) is 5.32 Å². The van der Waals surface area contributed by atoms with E-state index in [-0.39, 0.29) is 19.1 Å². The molecule has 6 N–H and O–H groups in total. The van der Waals surface area contributed by atoms with Gasteiger partial charge in [-0.25, -0.2) is 0 Å². The highest BCUT2D eigenvalue weighted by Gasteiger charge is 2.39. The molecule has 0 bridgehead atoms. The fourth-order valence-electron chi connectivity index (χ4n) is 2.17. The van der Waals surface area contributed by atoms with Crippen LogP contribution in [0.25, 0.3) is 0 Å². The van der Waals surface area contributed by atoms with Crippen molar-refractivity contribution < 1.29 is 14.7 Å². The fourth-order valence-corrected chi connectivity index (χ4v) is 2.17. The Bertz CT molecular complexity index is 290. The monoisotopic (exact) mass is 244 g/mol. The molecule has 0 aromatic carbocycles. The van der Waals surface area contributed by atoms with Crippen LogP contribution in [-0.4, -0.2) is 59.6 Å². The lowest BCUT2D eigenvalue weighted by Crippen LogP contribution is -2.62. The normalized spacial score (nSPS) is 29.2. The summed E-state index contributed by atoms with van der Waals surface area (Å²) in [7, 11) is 0. The number of rotatable bonds is 5. The van der Waals surface area contributed by atoms with Crippen molar-refractivity contribution in [1.82, 2.24) is 10.2 Å². The molecule has 7 heteroatoms. The third-order valence-electron chi connectivity index (χ3n) is 3.02. The Balaban J connectivity index is 2.79. The highest BCUT2D eigenvalue weighted by molar-refractivity contribution is 5.79. The molecule has 0 aromatic rings. The number of hydrogen-bond acceptors (Lipinski definition) is 5. The zero-order valence-corrected chi connectivity index (χ0v) is 9.98. The predicted molar refractivity (Wildman–Crippen MR) is 61.9 cm³/mol. The van der Waals surface area contributed by atoms with Crippen molar-refractivity contribution in [1.29, 1.82) is 0 Å². The molecule has 1 saturated heterocycles. The largest absolute Gasteiger partial charge is 0.388 e. The quantitative estimate of drug-likeness (QED) is 0.421. The number of hydrogen-bond donors (Lipinski definition) is 4. The molecule has 7 nitrogen and oxygen atoms in total. The molecule has 1 aliphatic heterocycles. The number of amides is 2. The molecule has 0 radical (unpaired) electrons. The summed E-state index contributed by atoms with van der Waals surface area (Å²) in [4.78, 5) is 23.5. The van der Waals surface area contributed by atoms with Gasteiger partial charge in [0, 0.05) is 6.54 Å². The van der Waals surface area contributed by atoms with E-state index in [4.69, 9.17) is 11.5 Å². The molecule has 2 amide bonds. The number of aliphatic hydroxyl groups is 1. The molecule has 17 heavy (non-hydrogen) atoms. The van der Waals surface area contributed by atoms with Gasteiger partial charge in [-0.05, 0) is 19.9 Å². The number of nitrogens with one attached hydrogen (secondary N) is 1. The van der Waals surface area contributed by atoms with Crippen molar-refractivity contribution in [3.63, 3.8) is 0 Å². The Kier molecular flexibility index (Phi) is 4.44. The van der Waals surface area contributed by atoms with Gasteiger partial charge in [0.25, 0.3) is 0 Å². The molecular weight excluding hydrogens is 224 g/mol. The maximum Gasteiger partial charge on any atom is 0.231 e. The van der Waals surface area contributed by atoms with E-state index in [1.807, 2.05) is 0 Å². The van der Waals surface area contributed by atoms with Gasteiger partial charge in [-0.2, -0.15) is 0 Å². The Morgan fingerprint density at radius 2 is 1.94 bits per heavy atom. The molecule has 0 aliphatic carbocycles. The number of nitrogens with two attached hydrogens (primary N) is 2. The predicted octanol–water partition coefficient (Wildman–Crippen LogP) is -2.63. The third kappa shape index (κ3) is 3.95. The zero-order valence-electron chi connectivity index (χ0n) is 9.98. The van der Waals surface area contributed by atoms with Gasteiger partial charge in [0.05, 0.1) is 24.7 Å². The Hall–Kier alpha value is -1.18. The minimum absolute atomic E-state index is 0.0918. The van der Waals surface area contributed by atoms with E-state index in [0.717, 1.165) is 0 Å². The number of carbonyl (C=O) groups is 2. The summed E-state index contributed by atoms with van der Waals surface area (Å²) >= 11 is 0. The topological polar surface area (TPSA) is 122 Å². The van der Waals surface area contributed by atoms with Gasteiger partial charge in [-0.15, -0.1) is 0 Å². The first-order valence-corrected chi connectivity index (χ1v) is 5.56. The van der Waals surface area contributed by atoms with E-state index in [9.17, 15) is 14.7 Å². The van der Waals surface area contributed by atoms with Crippen LogP contribution in [0.4, 0.5) is 0 Å². The summed E-state index contributed by atoms with van der Waals surface area (Å²) in [6, 6.07) is -0.351. The molecule has 1 heterocycles. The molecule has 0 aromatic heterocycles.